The molecule has 1 fully saturated rings. The summed E-state index contributed by atoms with van der Waals surface area (Å²) >= 11 is 0. The molecule has 0 atom stereocenters. The smallest absolute Gasteiger partial charge is 0.338 e. The fourth-order valence-electron chi connectivity index (χ4n) is 2.59. The molecule has 132 valence electrons. The van der Waals surface area contributed by atoms with E-state index >= 15 is 0 Å². The standard InChI is InChI=1S/C17H23FN2O4/c1-17(2,3)24-15(21)11-19-6-8-20(9-7-19)12-4-5-13(16(22)23)14(18)10-12/h4-5,10H,6-9,11H2,1-3H3,(H,22,23). The lowest BCUT2D eigenvalue weighted by molar-refractivity contribution is -0.156. The van der Waals surface area contributed by atoms with Gasteiger partial charge in [0.05, 0.1) is 12.1 Å². The SMILES string of the molecule is CC(C)(C)OC(=O)CN1CCN(c2ccc(C(=O)O)c(F)c2)CC1. The molecule has 24 heavy (non-hydrogen) atoms. The molecule has 6 nitrogen and oxygen atoms in total. The largest absolute Gasteiger partial charge is 0.478 e. The van der Waals surface area contributed by atoms with Crippen molar-refractivity contribution in [3.8, 4) is 0 Å². The average molecular weight is 338 g/mol. The van der Waals surface area contributed by atoms with E-state index in [0.29, 0.717) is 31.9 Å². The van der Waals surface area contributed by atoms with E-state index in [9.17, 15) is 14.0 Å². The number of ether oxygens (including phenoxy) is 1. The first kappa shape index (κ1) is 18.2. The monoisotopic (exact) mass is 338 g/mol. The molecule has 1 saturated heterocycles. The number of aromatic carboxylic acids is 1. The van der Waals surface area contributed by atoms with E-state index in [0.717, 1.165) is 0 Å². The van der Waals surface area contributed by atoms with E-state index in [1.807, 2.05) is 30.6 Å². The van der Waals surface area contributed by atoms with Crippen LogP contribution in [0.3, 0.4) is 0 Å². The number of piperazine rings is 1. The van der Waals surface area contributed by atoms with Gasteiger partial charge in [-0.15, -0.1) is 0 Å². The number of carboxylic acid groups (broad SMARTS) is 1. The van der Waals surface area contributed by atoms with Crippen molar-refractivity contribution < 1.29 is 23.8 Å². The van der Waals surface area contributed by atoms with Gasteiger partial charge in [0.1, 0.15) is 11.4 Å². The number of carbonyl (C=O) groups excluding carboxylic acids is 1. The molecule has 0 bridgehead atoms. The minimum absolute atomic E-state index is 0.234. The van der Waals surface area contributed by atoms with Gasteiger partial charge in [-0.3, -0.25) is 9.69 Å². The summed E-state index contributed by atoms with van der Waals surface area (Å²) in [5.74, 6) is -2.27. The Morgan fingerprint density at radius 1 is 1.21 bits per heavy atom. The van der Waals surface area contributed by atoms with Crippen LogP contribution in [0, 0.1) is 5.82 Å². The molecule has 1 N–H and O–H groups in total. The maximum absolute atomic E-state index is 13.8. The van der Waals surface area contributed by atoms with E-state index < -0.39 is 17.4 Å². The minimum Gasteiger partial charge on any atom is -0.478 e. The summed E-state index contributed by atoms with van der Waals surface area (Å²) in [7, 11) is 0. The quantitative estimate of drug-likeness (QED) is 0.847. The van der Waals surface area contributed by atoms with Crippen LogP contribution in [0.15, 0.2) is 18.2 Å². The number of carbonyl (C=O) groups is 2. The number of rotatable bonds is 4. The van der Waals surface area contributed by atoms with Crippen LogP contribution in [0.25, 0.3) is 0 Å². The van der Waals surface area contributed by atoms with E-state index in [1.165, 1.54) is 12.1 Å². The highest BCUT2D eigenvalue weighted by atomic mass is 19.1. The van der Waals surface area contributed by atoms with Crippen LogP contribution in [0.5, 0.6) is 0 Å². The molecule has 0 saturated carbocycles. The van der Waals surface area contributed by atoms with Gasteiger partial charge in [-0.25, -0.2) is 9.18 Å². The third kappa shape index (κ3) is 4.92. The lowest BCUT2D eigenvalue weighted by Crippen LogP contribution is -2.48. The van der Waals surface area contributed by atoms with Crippen LogP contribution in [0.2, 0.25) is 0 Å². The van der Waals surface area contributed by atoms with Crippen LogP contribution in [0.1, 0.15) is 31.1 Å². The second-order valence-corrected chi connectivity index (χ2v) is 6.82. The summed E-state index contributed by atoms with van der Waals surface area (Å²) in [6.45, 7) is 8.30. The molecular formula is C17H23FN2O4. The van der Waals surface area contributed by atoms with Crippen LogP contribution in [-0.2, 0) is 9.53 Å². The Bertz CT molecular complexity index is 620. The number of nitrogens with zero attached hydrogens (tertiary/aromatic N) is 2. The zero-order valence-corrected chi connectivity index (χ0v) is 14.2. The second-order valence-electron chi connectivity index (χ2n) is 6.82. The molecule has 0 unspecified atom stereocenters. The van der Waals surface area contributed by atoms with Gasteiger partial charge in [-0.2, -0.15) is 0 Å². The maximum Gasteiger partial charge on any atom is 0.338 e. The molecule has 2 rings (SSSR count). The van der Waals surface area contributed by atoms with Crippen LogP contribution in [-0.4, -0.2) is 60.3 Å². The normalized spacial score (nSPS) is 16.1. The molecule has 1 aliphatic rings. The van der Waals surface area contributed by atoms with Crippen LogP contribution in [0.4, 0.5) is 10.1 Å². The average Bonchev–Trinajstić information content (AvgIpc) is 2.45. The third-order valence-corrected chi connectivity index (χ3v) is 3.69. The Balaban J connectivity index is 1.90. The summed E-state index contributed by atoms with van der Waals surface area (Å²) in [5.41, 5.74) is -0.181. The predicted molar refractivity (Wildman–Crippen MR) is 87.9 cm³/mol. The number of halogens is 1. The van der Waals surface area contributed by atoms with Crippen molar-refractivity contribution in [1.82, 2.24) is 4.90 Å². The molecule has 1 aromatic carbocycles. The molecule has 1 aliphatic heterocycles. The zero-order valence-electron chi connectivity index (χ0n) is 14.2. The van der Waals surface area contributed by atoms with Gasteiger partial charge < -0.3 is 14.7 Å². The summed E-state index contributed by atoms with van der Waals surface area (Å²) in [6, 6.07) is 4.13. The number of carboxylic acids is 1. The Morgan fingerprint density at radius 2 is 1.83 bits per heavy atom. The van der Waals surface area contributed by atoms with Crippen molar-refractivity contribution in [2.24, 2.45) is 0 Å². The Morgan fingerprint density at radius 3 is 2.33 bits per heavy atom. The summed E-state index contributed by atoms with van der Waals surface area (Å²) in [5, 5.41) is 8.86. The molecule has 0 aromatic heterocycles. The predicted octanol–water partition coefficient (Wildman–Crippen LogP) is 1.99. The number of hydrogen-bond donors (Lipinski definition) is 1. The van der Waals surface area contributed by atoms with Gasteiger partial charge in [0.25, 0.3) is 0 Å². The van der Waals surface area contributed by atoms with Gasteiger partial charge in [0.2, 0.25) is 0 Å². The fourth-order valence-corrected chi connectivity index (χ4v) is 2.59. The molecule has 1 aromatic rings. The molecule has 0 spiro atoms. The number of anilines is 1. The Labute approximate surface area is 140 Å². The maximum atomic E-state index is 13.8. The van der Waals surface area contributed by atoms with Crippen molar-refractivity contribution in [2.75, 3.05) is 37.6 Å². The first-order valence-corrected chi connectivity index (χ1v) is 7.88. The number of hydrogen-bond acceptors (Lipinski definition) is 5. The van der Waals surface area contributed by atoms with Gasteiger partial charge in [-0.05, 0) is 39.0 Å². The second kappa shape index (κ2) is 7.17. The third-order valence-electron chi connectivity index (χ3n) is 3.69. The van der Waals surface area contributed by atoms with Gasteiger partial charge >= 0.3 is 11.9 Å². The van der Waals surface area contributed by atoms with Crippen molar-refractivity contribution in [3.63, 3.8) is 0 Å². The number of esters is 1. The summed E-state index contributed by atoms with van der Waals surface area (Å²) in [6.07, 6.45) is 0. The van der Waals surface area contributed by atoms with Gasteiger partial charge in [0.15, 0.2) is 0 Å². The van der Waals surface area contributed by atoms with Crippen molar-refractivity contribution >= 4 is 17.6 Å². The molecule has 0 radical (unpaired) electrons. The van der Waals surface area contributed by atoms with Crippen LogP contribution < -0.4 is 4.90 Å². The molecule has 0 amide bonds. The van der Waals surface area contributed by atoms with Crippen molar-refractivity contribution in [1.29, 1.82) is 0 Å². The highest BCUT2D eigenvalue weighted by molar-refractivity contribution is 5.88. The molecular weight excluding hydrogens is 315 g/mol. The summed E-state index contributed by atoms with van der Waals surface area (Å²) in [4.78, 5) is 26.7. The van der Waals surface area contributed by atoms with E-state index in [1.54, 1.807) is 6.07 Å². The van der Waals surface area contributed by atoms with E-state index in [-0.39, 0.29) is 18.1 Å². The first-order chi connectivity index (χ1) is 11.2. The zero-order chi connectivity index (χ0) is 17.9. The van der Waals surface area contributed by atoms with Crippen molar-refractivity contribution in [2.45, 2.75) is 26.4 Å². The van der Waals surface area contributed by atoms with E-state index in [4.69, 9.17) is 9.84 Å². The topological polar surface area (TPSA) is 70.1 Å². The molecule has 1 heterocycles. The Hall–Kier alpha value is -2.15. The van der Waals surface area contributed by atoms with Crippen molar-refractivity contribution in [3.05, 3.63) is 29.6 Å². The van der Waals surface area contributed by atoms with Gasteiger partial charge in [0, 0.05) is 31.9 Å². The number of benzene rings is 1. The lowest BCUT2D eigenvalue weighted by atomic mass is 10.1. The highest BCUT2D eigenvalue weighted by Crippen LogP contribution is 2.20. The van der Waals surface area contributed by atoms with E-state index in [2.05, 4.69) is 0 Å². The fraction of sp³-hybridized carbons (Fsp3) is 0.529. The Kier molecular flexibility index (Phi) is 5.43. The summed E-state index contributed by atoms with van der Waals surface area (Å²) < 4.78 is 19.1. The van der Waals surface area contributed by atoms with Crippen LogP contribution >= 0.6 is 0 Å². The minimum atomic E-state index is -1.28. The highest BCUT2D eigenvalue weighted by Gasteiger charge is 2.23. The molecule has 0 aliphatic carbocycles. The first-order valence-electron chi connectivity index (χ1n) is 7.88. The van der Waals surface area contributed by atoms with Gasteiger partial charge in [-0.1, -0.05) is 0 Å². The lowest BCUT2D eigenvalue weighted by Gasteiger charge is -2.36. The molecule has 7 heteroatoms.